The quantitative estimate of drug-likeness (QED) is 0.814. The molecule has 0 amide bonds. The van der Waals surface area contributed by atoms with Gasteiger partial charge in [-0.25, -0.2) is 17.9 Å². The fourth-order valence-corrected chi connectivity index (χ4v) is 2.54. The average molecular weight is 260 g/mol. The minimum absolute atomic E-state index is 0.0296. The van der Waals surface area contributed by atoms with Crippen LogP contribution in [-0.4, -0.2) is 30.6 Å². The van der Waals surface area contributed by atoms with E-state index in [-0.39, 0.29) is 16.5 Å². The van der Waals surface area contributed by atoms with Gasteiger partial charge in [-0.05, 0) is 12.0 Å². The Labute approximate surface area is 100 Å². The molecule has 0 spiro atoms. The van der Waals surface area contributed by atoms with Crippen LogP contribution < -0.4 is 4.72 Å². The molecule has 7 heteroatoms. The minimum Gasteiger partial charge on any atom is -0.477 e. The van der Waals surface area contributed by atoms with Crippen LogP contribution in [0.3, 0.4) is 0 Å². The van der Waals surface area contributed by atoms with Crippen molar-refractivity contribution in [3.05, 3.63) is 18.0 Å². The fraction of sp³-hybridized carbons (Fsp3) is 0.500. The Balaban J connectivity index is 3.00. The first-order chi connectivity index (χ1) is 7.74. The number of aromatic carboxylic acids is 1. The Bertz CT molecular complexity index is 516. The van der Waals surface area contributed by atoms with E-state index in [2.05, 4.69) is 4.72 Å². The number of nitrogens with zero attached hydrogens (tertiary/aromatic N) is 1. The number of aromatic nitrogens is 1. The number of carbonyl (C=O) groups is 1. The SMILES string of the molecule is CC(C)CNS(=O)(=O)c1cc(C(=O)O)n(C)c1. The molecule has 96 valence electrons. The summed E-state index contributed by atoms with van der Waals surface area (Å²) in [4.78, 5) is 10.8. The van der Waals surface area contributed by atoms with Gasteiger partial charge in [-0.15, -0.1) is 0 Å². The lowest BCUT2D eigenvalue weighted by Gasteiger charge is -2.06. The van der Waals surface area contributed by atoms with Gasteiger partial charge in [0.05, 0.1) is 0 Å². The molecule has 0 saturated heterocycles. The Kier molecular flexibility index (Phi) is 3.94. The van der Waals surface area contributed by atoms with Gasteiger partial charge in [0.15, 0.2) is 0 Å². The largest absolute Gasteiger partial charge is 0.477 e. The molecule has 1 rings (SSSR count). The molecule has 0 radical (unpaired) electrons. The molecule has 0 fully saturated rings. The van der Waals surface area contributed by atoms with Crippen molar-refractivity contribution in [1.82, 2.24) is 9.29 Å². The van der Waals surface area contributed by atoms with Crippen molar-refractivity contribution in [3.63, 3.8) is 0 Å². The first kappa shape index (κ1) is 13.7. The van der Waals surface area contributed by atoms with E-state index in [1.54, 1.807) is 0 Å². The molecule has 17 heavy (non-hydrogen) atoms. The third kappa shape index (κ3) is 3.31. The summed E-state index contributed by atoms with van der Waals surface area (Å²) in [5.74, 6) is -0.967. The van der Waals surface area contributed by atoms with Gasteiger partial charge in [-0.1, -0.05) is 13.8 Å². The first-order valence-electron chi connectivity index (χ1n) is 5.13. The number of aryl methyl sites for hydroxylation is 1. The molecule has 0 aliphatic carbocycles. The lowest BCUT2D eigenvalue weighted by Crippen LogP contribution is -2.27. The van der Waals surface area contributed by atoms with E-state index in [0.717, 1.165) is 6.07 Å². The molecule has 2 N–H and O–H groups in total. The number of hydrogen-bond donors (Lipinski definition) is 2. The van der Waals surface area contributed by atoms with E-state index in [0.29, 0.717) is 6.54 Å². The Morgan fingerprint density at radius 1 is 1.53 bits per heavy atom. The van der Waals surface area contributed by atoms with Crippen molar-refractivity contribution in [1.29, 1.82) is 0 Å². The van der Waals surface area contributed by atoms with Crippen LogP contribution in [0.4, 0.5) is 0 Å². The number of carboxylic acids is 1. The summed E-state index contributed by atoms with van der Waals surface area (Å²) in [6, 6.07) is 1.14. The maximum absolute atomic E-state index is 11.8. The molecule has 0 atom stereocenters. The molecule has 0 saturated carbocycles. The number of carboxylic acid groups (broad SMARTS) is 1. The zero-order chi connectivity index (χ0) is 13.2. The number of sulfonamides is 1. The zero-order valence-corrected chi connectivity index (χ0v) is 10.8. The summed E-state index contributed by atoms with van der Waals surface area (Å²) in [5, 5.41) is 8.83. The molecule has 1 aromatic rings. The van der Waals surface area contributed by atoms with Crippen LogP contribution >= 0.6 is 0 Å². The molecule has 0 unspecified atom stereocenters. The summed E-state index contributed by atoms with van der Waals surface area (Å²) < 4.78 is 27.3. The first-order valence-corrected chi connectivity index (χ1v) is 6.61. The van der Waals surface area contributed by atoms with Crippen LogP contribution in [0, 0.1) is 5.92 Å². The molecule has 1 aromatic heterocycles. The number of rotatable bonds is 5. The van der Waals surface area contributed by atoms with Gasteiger partial charge in [-0.2, -0.15) is 0 Å². The van der Waals surface area contributed by atoms with E-state index in [9.17, 15) is 13.2 Å². The topological polar surface area (TPSA) is 88.4 Å². The van der Waals surface area contributed by atoms with Crippen molar-refractivity contribution in [2.45, 2.75) is 18.7 Å². The van der Waals surface area contributed by atoms with E-state index in [1.165, 1.54) is 17.8 Å². The van der Waals surface area contributed by atoms with Crippen LogP contribution in [0.5, 0.6) is 0 Å². The maximum atomic E-state index is 11.8. The van der Waals surface area contributed by atoms with Crippen molar-refractivity contribution in [2.75, 3.05) is 6.54 Å². The Hall–Kier alpha value is -1.34. The van der Waals surface area contributed by atoms with Gasteiger partial charge >= 0.3 is 5.97 Å². The Morgan fingerprint density at radius 2 is 2.12 bits per heavy atom. The fourth-order valence-electron chi connectivity index (χ4n) is 1.25. The molecular formula is C10H16N2O4S. The van der Waals surface area contributed by atoms with Crippen molar-refractivity contribution < 1.29 is 18.3 Å². The zero-order valence-electron chi connectivity index (χ0n) is 9.97. The van der Waals surface area contributed by atoms with E-state index >= 15 is 0 Å². The molecule has 0 aromatic carbocycles. The lowest BCUT2D eigenvalue weighted by molar-refractivity contribution is 0.0686. The maximum Gasteiger partial charge on any atom is 0.352 e. The van der Waals surface area contributed by atoms with Gasteiger partial charge < -0.3 is 9.67 Å². The van der Waals surface area contributed by atoms with Crippen molar-refractivity contribution in [3.8, 4) is 0 Å². The summed E-state index contributed by atoms with van der Waals surface area (Å²) in [7, 11) is -2.13. The molecule has 1 heterocycles. The van der Waals surface area contributed by atoms with Crippen LogP contribution in [-0.2, 0) is 17.1 Å². The Morgan fingerprint density at radius 3 is 2.53 bits per heavy atom. The molecule has 0 aliphatic heterocycles. The monoisotopic (exact) mass is 260 g/mol. The van der Waals surface area contributed by atoms with Crippen molar-refractivity contribution >= 4 is 16.0 Å². The normalized spacial score (nSPS) is 12.0. The van der Waals surface area contributed by atoms with E-state index in [4.69, 9.17) is 5.11 Å². The highest BCUT2D eigenvalue weighted by Gasteiger charge is 2.19. The summed E-state index contributed by atoms with van der Waals surface area (Å²) in [5.41, 5.74) is -0.0603. The van der Waals surface area contributed by atoms with Crippen LogP contribution in [0.15, 0.2) is 17.2 Å². The van der Waals surface area contributed by atoms with E-state index < -0.39 is 16.0 Å². The second-order valence-corrected chi connectivity index (χ2v) is 5.99. The second-order valence-electron chi connectivity index (χ2n) is 4.22. The minimum atomic E-state index is -3.62. The van der Waals surface area contributed by atoms with Gasteiger partial charge in [0.2, 0.25) is 10.0 Å². The van der Waals surface area contributed by atoms with Crippen molar-refractivity contribution in [2.24, 2.45) is 13.0 Å². The number of hydrogen-bond acceptors (Lipinski definition) is 3. The lowest BCUT2D eigenvalue weighted by atomic mass is 10.2. The molecular weight excluding hydrogens is 244 g/mol. The summed E-state index contributed by atoms with van der Waals surface area (Å²) in [6.45, 7) is 4.09. The van der Waals surface area contributed by atoms with E-state index in [1.807, 2.05) is 13.8 Å². The highest BCUT2D eigenvalue weighted by molar-refractivity contribution is 7.89. The highest BCUT2D eigenvalue weighted by Crippen LogP contribution is 2.13. The van der Waals surface area contributed by atoms with Gasteiger partial charge in [0.25, 0.3) is 0 Å². The molecule has 0 aliphatic rings. The third-order valence-electron chi connectivity index (χ3n) is 2.19. The predicted molar refractivity (Wildman–Crippen MR) is 62.4 cm³/mol. The third-order valence-corrected chi connectivity index (χ3v) is 3.58. The van der Waals surface area contributed by atoms with Gasteiger partial charge in [0, 0.05) is 19.8 Å². The van der Waals surface area contributed by atoms with Crippen LogP contribution in [0.2, 0.25) is 0 Å². The number of nitrogens with one attached hydrogen (secondary N) is 1. The standard InChI is InChI=1S/C10H16N2O4S/c1-7(2)5-11-17(15,16)8-4-9(10(13)14)12(3)6-8/h4,6-7,11H,5H2,1-3H3,(H,13,14). The van der Waals surface area contributed by atoms with Gasteiger partial charge in [0.1, 0.15) is 10.6 Å². The molecule has 0 bridgehead atoms. The highest BCUT2D eigenvalue weighted by atomic mass is 32.2. The smallest absolute Gasteiger partial charge is 0.352 e. The predicted octanol–water partition coefficient (Wildman–Crippen LogP) is 0.658. The van der Waals surface area contributed by atoms with Gasteiger partial charge in [-0.3, -0.25) is 0 Å². The second kappa shape index (κ2) is 4.89. The summed E-state index contributed by atoms with van der Waals surface area (Å²) in [6.07, 6.45) is 1.28. The average Bonchev–Trinajstić information content (AvgIpc) is 2.58. The van der Waals surface area contributed by atoms with Crippen LogP contribution in [0.25, 0.3) is 0 Å². The summed E-state index contributed by atoms with van der Waals surface area (Å²) >= 11 is 0. The molecule has 6 nitrogen and oxygen atoms in total. The van der Waals surface area contributed by atoms with Crippen LogP contribution in [0.1, 0.15) is 24.3 Å².